The predicted octanol–water partition coefficient (Wildman–Crippen LogP) is 2.30. The summed E-state index contributed by atoms with van der Waals surface area (Å²) in [5, 5.41) is 3.40. The van der Waals surface area contributed by atoms with Gasteiger partial charge in [-0.05, 0) is 57.5 Å². The van der Waals surface area contributed by atoms with Crippen LogP contribution in [0.4, 0.5) is 0 Å². The van der Waals surface area contributed by atoms with Gasteiger partial charge in [0.25, 0.3) is 0 Å². The van der Waals surface area contributed by atoms with Crippen LogP contribution in [0.5, 0.6) is 5.75 Å². The molecule has 17 heavy (non-hydrogen) atoms. The number of rotatable bonds is 8. The van der Waals surface area contributed by atoms with Gasteiger partial charge in [0, 0.05) is 6.54 Å². The van der Waals surface area contributed by atoms with Crippen LogP contribution in [0.25, 0.3) is 0 Å². The minimum atomic E-state index is 0.232. The highest BCUT2D eigenvalue weighted by molar-refractivity contribution is 5.27. The maximum Gasteiger partial charge on any atom is 0.119 e. The van der Waals surface area contributed by atoms with Crippen molar-refractivity contribution in [2.24, 2.45) is 5.73 Å². The Balaban J connectivity index is 2.25. The molecule has 0 aliphatic rings. The van der Waals surface area contributed by atoms with E-state index in [4.69, 9.17) is 10.5 Å². The molecule has 1 rings (SSSR count). The molecule has 1 aromatic carbocycles. The van der Waals surface area contributed by atoms with Crippen LogP contribution in [0.1, 0.15) is 32.3 Å². The lowest BCUT2D eigenvalue weighted by Crippen LogP contribution is -2.15. The van der Waals surface area contributed by atoms with Crippen LogP contribution in [0.15, 0.2) is 24.3 Å². The largest absolute Gasteiger partial charge is 0.491 e. The first kappa shape index (κ1) is 14.0. The van der Waals surface area contributed by atoms with Crippen LogP contribution < -0.4 is 15.8 Å². The molecule has 0 atom stereocenters. The Labute approximate surface area is 104 Å². The minimum absolute atomic E-state index is 0.232. The first-order chi connectivity index (χ1) is 8.22. The van der Waals surface area contributed by atoms with Gasteiger partial charge in [-0.1, -0.05) is 12.1 Å². The molecule has 0 unspecified atom stereocenters. The number of nitrogens with one attached hydrogen (secondary N) is 1. The van der Waals surface area contributed by atoms with Crippen LogP contribution >= 0.6 is 0 Å². The number of ether oxygens (including phenoxy) is 1. The second-order valence-electron chi connectivity index (χ2n) is 4.48. The maximum atomic E-state index is 5.59. The van der Waals surface area contributed by atoms with Crippen LogP contribution in [-0.4, -0.2) is 19.2 Å². The minimum Gasteiger partial charge on any atom is -0.491 e. The molecule has 0 aliphatic heterocycles. The van der Waals surface area contributed by atoms with E-state index in [0.29, 0.717) is 0 Å². The van der Waals surface area contributed by atoms with Crippen molar-refractivity contribution in [2.75, 3.05) is 13.1 Å². The third-order valence-corrected chi connectivity index (χ3v) is 2.43. The lowest BCUT2D eigenvalue weighted by Gasteiger charge is -2.10. The van der Waals surface area contributed by atoms with Gasteiger partial charge < -0.3 is 15.8 Å². The third kappa shape index (κ3) is 6.29. The van der Waals surface area contributed by atoms with Gasteiger partial charge in [0.1, 0.15) is 5.75 Å². The fourth-order valence-electron chi connectivity index (χ4n) is 1.59. The van der Waals surface area contributed by atoms with E-state index in [0.717, 1.165) is 38.2 Å². The molecular formula is C14H24N2O. The van der Waals surface area contributed by atoms with E-state index < -0.39 is 0 Å². The van der Waals surface area contributed by atoms with Crippen LogP contribution in [-0.2, 0) is 6.54 Å². The van der Waals surface area contributed by atoms with E-state index in [2.05, 4.69) is 17.4 Å². The van der Waals surface area contributed by atoms with Crippen molar-refractivity contribution in [3.8, 4) is 5.75 Å². The summed E-state index contributed by atoms with van der Waals surface area (Å²) in [6.07, 6.45) is 2.47. The zero-order valence-electron chi connectivity index (χ0n) is 10.9. The van der Waals surface area contributed by atoms with Crippen molar-refractivity contribution in [1.29, 1.82) is 0 Å². The third-order valence-electron chi connectivity index (χ3n) is 2.43. The normalized spacial score (nSPS) is 10.8. The Bertz CT molecular complexity index is 296. The molecule has 3 heteroatoms. The summed E-state index contributed by atoms with van der Waals surface area (Å²) < 4.78 is 5.59. The average Bonchev–Trinajstić information content (AvgIpc) is 2.30. The average molecular weight is 236 g/mol. The molecule has 0 amide bonds. The molecule has 1 aromatic rings. The number of benzene rings is 1. The Hall–Kier alpha value is -1.06. The molecular weight excluding hydrogens is 212 g/mol. The Kier molecular flexibility index (Phi) is 6.67. The zero-order valence-corrected chi connectivity index (χ0v) is 10.9. The van der Waals surface area contributed by atoms with Gasteiger partial charge in [-0.15, -0.1) is 0 Å². The van der Waals surface area contributed by atoms with E-state index in [1.807, 2.05) is 26.0 Å². The summed E-state index contributed by atoms with van der Waals surface area (Å²) in [7, 11) is 0. The van der Waals surface area contributed by atoms with Gasteiger partial charge in [0.2, 0.25) is 0 Å². The van der Waals surface area contributed by atoms with Gasteiger partial charge >= 0.3 is 0 Å². The SMILES string of the molecule is CC(C)Oc1ccc(CNCCCCN)cc1. The fraction of sp³-hybridized carbons (Fsp3) is 0.571. The number of unbranched alkanes of at least 4 members (excludes halogenated alkanes) is 1. The smallest absolute Gasteiger partial charge is 0.119 e. The Morgan fingerprint density at radius 3 is 2.47 bits per heavy atom. The lowest BCUT2D eigenvalue weighted by atomic mass is 10.2. The molecule has 96 valence electrons. The van der Waals surface area contributed by atoms with Crippen molar-refractivity contribution in [1.82, 2.24) is 5.32 Å². The summed E-state index contributed by atoms with van der Waals surface area (Å²) in [4.78, 5) is 0. The van der Waals surface area contributed by atoms with E-state index in [-0.39, 0.29) is 6.10 Å². The van der Waals surface area contributed by atoms with Crippen LogP contribution in [0, 0.1) is 0 Å². The number of nitrogens with two attached hydrogens (primary N) is 1. The second kappa shape index (κ2) is 8.09. The highest BCUT2D eigenvalue weighted by Gasteiger charge is 1.97. The molecule has 0 fully saturated rings. The molecule has 0 bridgehead atoms. The Morgan fingerprint density at radius 1 is 1.18 bits per heavy atom. The summed E-state index contributed by atoms with van der Waals surface area (Å²) in [6.45, 7) is 6.79. The molecule has 3 N–H and O–H groups in total. The van der Waals surface area contributed by atoms with E-state index >= 15 is 0 Å². The van der Waals surface area contributed by atoms with Crippen molar-refractivity contribution in [2.45, 2.75) is 39.3 Å². The van der Waals surface area contributed by atoms with Crippen molar-refractivity contribution < 1.29 is 4.74 Å². The Morgan fingerprint density at radius 2 is 1.88 bits per heavy atom. The molecule has 0 radical (unpaired) electrons. The second-order valence-corrected chi connectivity index (χ2v) is 4.48. The summed E-state index contributed by atoms with van der Waals surface area (Å²) >= 11 is 0. The van der Waals surface area contributed by atoms with Gasteiger partial charge in [-0.3, -0.25) is 0 Å². The van der Waals surface area contributed by atoms with E-state index in [9.17, 15) is 0 Å². The molecule has 0 saturated carbocycles. The number of hydrogen-bond acceptors (Lipinski definition) is 3. The van der Waals surface area contributed by atoms with Crippen molar-refractivity contribution >= 4 is 0 Å². The maximum absolute atomic E-state index is 5.59. The quantitative estimate of drug-likeness (QED) is 0.681. The van der Waals surface area contributed by atoms with Gasteiger partial charge in [-0.25, -0.2) is 0 Å². The van der Waals surface area contributed by atoms with Gasteiger partial charge in [0.05, 0.1) is 6.10 Å². The van der Waals surface area contributed by atoms with Crippen molar-refractivity contribution in [3.05, 3.63) is 29.8 Å². The van der Waals surface area contributed by atoms with E-state index in [1.54, 1.807) is 0 Å². The zero-order chi connectivity index (χ0) is 12.5. The molecule has 0 aliphatic carbocycles. The first-order valence-corrected chi connectivity index (χ1v) is 6.38. The topological polar surface area (TPSA) is 47.3 Å². The monoisotopic (exact) mass is 236 g/mol. The fourth-order valence-corrected chi connectivity index (χ4v) is 1.59. The summed E-state index contributed by atoms with van der Waals surface area (Å²) in [5.41, 5.74) is 6.72. The molecule has 0 saturated heterocycles. The molecule has 0 aromatic heterocycles. The molecule has 0 heterocycles. The number of hydrogen-bond donors (Lipinski definition) is 2. The highest BCUT2D eigenvalue weighted by atomic mass is 16.5. The standard InChI is InChI=1S/C14H24N2O/c1-12(2)17-14-7-5-13(6-8-14)11-16-10-4-3-9-15/h5-8,12,16H,3-4,9-11,15H2,1-2H3. The van der Waals surface area contributed by atoms with E-state index in [1.165, 1.54) is 5.56 Å². The van der Waals surface area contributed by atoms with Gasteiger partial charge in [-0.2, -0.15) is 0 Å². The van der Waals surface area contributed by atoms with Crippen molar-refractivity contribution in [3.63, 3.8) is 0 Å². The van der Waals surface area contributed by atoms with Crippen LogP contribution in [0.3, 0.4) is 0 Å². The predicted molar refractivity (Wildman–Crippen MR) is 72.2 cm³/mol. The molecule has 3 nitrogen and oxygen atoms in total. The highest BCUT2D eigenvalue weighted by Crippen LogP contribution is 2.13. The molecule has 0 spiro atoms. The van der Waals surface area contributed by atoms with Gasteiger partial charge in [0.15, 0.2) is 0 Å². The van der Waals surface area contributed by atoms with Crippen LogP contribution in [0.2, 0.25) is 0 Å². The summed E-state index contributed by atoms with van der Waals surface area (Å²) in [5.74, 6) is 0.937. The first-order valence-electron chi connectivity index (χ1n) is 6.38. The summed E-state index contributed by atoms with van der Waals surface area (Å²) in [6, 6.07) is 8.26. The lowest BCUT2D eigenvalue weighted by molar-refractivity contribution is 0.242.